The molecule has 0 bridgehead atoms. The summed E-state index contributed by atoms with van der Waals surface area (Å²) in [5, 5.41) is 2.25. The lowest BCUT2D eigenvalue weighted by molar-refractivity contribution is -0.141. The molecule has 0 spiro atoms. The maximum Gasteiger partial charge on any atom is 0.433 e. The van der Waals surface area contributed by atoms with Gasteiger partial charge in [-0.05, 0) is 24.3 Å². The fourth-order valence-corrected chi connectivity index (χ4v) is 1.96. The SMILES string of the molecule is O=C(Nc1ccc(C(F)(F)F)nc1)c1nc(-n2ccnc2)ccc1F. The van der Waals surface area contributed by atoms with E-state index in [1.807, 2.05) is 0 Å². The summed E-state index contributed by atoms with van der Waals surface area (Å²) in [7, 11) is 0. The monoisotopic (exact) mass is 351 g/mol. The van der Waals surface area contributed by atoms with Crippen molar-refractivity contribution < 1.29 is 22.4 Å². The Morgan fingerprint density at radius 3 is 2.56 bits per heavy atom. The summed E-state index contributed by atoms with van der Waals surface area (Å²) in [6, 6.07) is 4.14. The van der Waals surface area contributed by atoms with E-state index >= 15 is 0 Å². The Labute approximate surface area is 138 Å². The highest BCUT2D eigenvalue weighted by Crippen LogP contribution is 2.27. The molecule has 3 aromatic heterocycles. The zero-order valence-corrected chi connectivity index (χ0v) is 12.3. The van der Waals surface area contributed by atoms with Gasteiger partial charge in [0.1, 0.15) is 17.8 Å². The van der Waals surface area contributed by atoms with Gasteiger partial charge in [0.25, 0.3) is 5.91 Å². The van der Waals surface area contributed by atoms with Crippen molar-refractivity contribution in [3.63, 3.8) is 0 Å². The highest BCUT2D eigenvalue weighted by atomic mass is 19.4. The molecule has 0 saturated heterocycles. The first-order valence-corrected chi connectivity index (χ1v) is 6.84. The zero-order chi connectivity index (χ0) is 18.0. The topological polar surface area (TPSA) is 72.7 Å². The Hall–Kier alpha value is -3.30. The number of alkyl halides is 3. The number of nitrogens with one attached hydrogen (secondary N) is 1. The fourth-order valence-electron chi connectivity index (χ4n) is 1.96. The quantitative estimate of drug-likeness (QED) is 0.736. The minimum atomic E-state index is -4.59. The third kappa shape index (κ3) is 3.62. The van der Waals surface area contributed by atoms with Gasteiger partial charge in [-0.15, -0.1) is 0 Å². The lowest BCUT2D eigenvalue weighted by Crippen LogP contribution is -2.17. The summed E-state index contributed by atoms with van der Waals surface area (Å²) < 4.78 is 52.7. The Morgan fingerprint density at radius 1 is 1.16 bits per heavy atom. The number of pyridine rings is 2. The third-order valence-corrected chi connectivity index (χ3v) is 3.13. The van der Waals surface area contributed by atoms with E-state index in [1.165, 1.54) is 23.2 Å². The van der Waals surface area contributed by atoms with Gasteiger partial charge in [-0.25, -0.2) is 19.3 Å². The molecule has 6 nitrogen and oxygen atoms in total. The van der Waals surface area contributed by atoms with Crippen LogP contribution in [0.3, 0.4) is 0 Å². The minimum absolute atomic E-state index is 0.0211. The molecule has 1 amide bonds. The predicted molar refractivity (Wildman–Crippen MR) is 78.5 cm³/mol. The highest BCUT2D eigenvalue weighted by Gasteiger charge is 2.32. The number of rotatable bonds is 3. The number of aromatic nitrogens is 4. The van der Waals surface area contributed by atoms with Crippen LogP contribution in [0.25, 0.3) is 5.82 Å². The van der Waals surface area contributed by atoms with Crippen LogP contribution in [-0.2, 0) is 6.18 Å². The van der Waals surface area contributed by atoms with Gasteiger partial charge >= 0.3 is 6.18 Å². The second-order valence-corrected chi connectivity index (χ2v) is 4.85. The molecular formula is C15H9F4N5O. The average molecular weight is 351 g/mol. The van der Waals surface area contributed by atoms with Crippen LogP contribution in [0, 0.1) is 5.82 Å². The maximum atomic E-state index is 13.9. The first-order valence-electron chi connectivity index (χ1n) is 6.84. The number of amides is 1. The first kappa shape index (κ1) is 16.6. The summed E-state index contributed by atoms with van der Waals surface area (Å²) >= 11 is 0. The van der Waals surface area contributed by atoms with E-state index in [2.05, 4.69) is 20.3 Å². The van der Waals surface area contributed by atoms with Crippen molar-refractivity contribution in [2.45, 2.75) is 6.18 Å². The number of anilines is 1. The molecule has 0 aliphatic carbocycles. The van der Waals surface area contributed by atoms with Crippen molar-refractivity contribution in [2.24, 2.45) is 0 Å². The number of imidazole rings is 1. The van der Waals surface area contributed by atoms with E-state index < -0.39 is 29.3 Å². The largest absolute Gasteiger partial charge is 0.433 e. The smallest absolute Gasteiger partial charge is 0.319 e. The van der Waals surface area contributed by atoms with Gasteiger partial charge in [-0.1, -0.05) is 0 Å². The van der Waals surface area contributed by atoms with Crippen molar-refractivity contribution in [1.82, 2.24) is 19.5 Å². The van der Waals surface area contributed by atoms with E-state index in [0.717, 1.165) is 18.3 Å². The standard InChI is InChI=1S/C15H9F4N5O/c16-10-2-4-12(24-6-5-20-8-24)23-13(10)14(25)22-9-1-3-11(21-7-9)15(17,18)19/h1-8H,(H,22,25). The molecule has 0 radical (unpaired) electrons. The van der Waals surface area contributed by atoms with Crippen molar-refractivity contribution in [3.05, 3.63) is 66.4 Å². The van der Waals surface area contributed by atoms with Gasteiger partial charge in [0, 0.05) is 12.4 Å². The first-order chi connectivity index (χ1) is 11.8. The number of carbonyl (C=O) groups is 1. The summed E-state index contributed by atoms with van der Waals surface area (Å²) in [6.45, 7) is 0. The summed E-state index contributed by atoms with van der Waals surface area (Å²) in [5.41, 5.74) is -1.63. The average Bonchev–Trinajstić information content (AvgIpc) is 3.09. The van der Waals surface area contributed by atoms with E-state index in [0.29, 0.717) is 6.07 Å². The second-order valence-electron chi connectivity index (χ2n) is 4.85. The number of hydrogen-bond acceptors (Lipinski definition) is 4. The molecule has 1 N–H and O–H groups in total. The van der Waals surface area contributed by atoms with Crippen LogP contribution in [-0.4, -0.2) is 25.4 Å². The van der Waals surface area contributed by atoms with Gasteiger partial charge in [-0.2, -0.15) is 13.2 Å². The predicted octanol–water partition coefficient (Wildman–Crippen LogP) is 3.07. The molecule has 3 aromatic rings. The Morgan fingerprint density at radius 2 is 1.96 bits per heavy atom. The van der Waals surface area contributed by atoms with Crippen LogP contribution in [0.4, 0.5) is 23.2 Å². The van der Waals surface area contributed by atoms with Crippen LogP contribution >= 0.6 is 0 Å². The number of carbonyl (C=O) groups excluding carboxylic acids is 1. The summed E-state index contributed by atoms with van der Waals surface area (Å²) in [5.74, 6) is -1.53. The molecule has 3 rings (SSSR count). The van der Waals surface area contributed by atoms with Crippen LogP contribution in [0.1, 0.15) is 16.2 Å². The second kappa shape index (κ2) is 6.30. The lowest BCUT2D eigenvalue weighted by atomic mass is 10.3. The van der Waals surface area contributed by atoms with Crippen LogP contribution in [0.2, 0.25) is 0 Å². The van der Waals surface area contributed by atoms with Gasteiger partial charge in [-0.3, -0.25) is 9.36 Å². The van der Waals surface area contributed by atoms with Crippen molar-refractivity contribution in [3.8, 4) is 5.82 Å². The molecule has 0 aliphatic rings. The van der Waals surface area contributed by atoms with Crippen LogP contribution in [0.15, 0.2) is 49.2 Å². The molecule has 128 valence electrons. The lowest BCUT2D eigenvalue weighted by Gasteiger charge is -2.09. The van der Waals surface area contributed by atoms with Gasteiger partial charge in [0.2, 0.25) is 0 Å². The van der Waals surface area contributed by atoms with Crippen molar-refractivity contribution in [1.29, 1.82) is 0 Å². The van der Waals surface area contributed by atoms with Gasteiger partial charge < -0.3 is 5.32 Å². The zero-order valence-electron chi connectivity index (χ0n) is 12.3. The third-order valence-electron chi connectivity index (χ3n) is 3.13. The molecule has 0 fully saturated rings. The number of halogens is 4. The fraction of sp³-hybridized carbons (Fsp3) is 0.0667. The van der Waals surface area contributed by atoms with Gasteiger partial charge in [0.15, 0.2) is 11.5 Å². The molecule has 0 saturated carbocycles. The van der Waals surface area contributed by atoms with E-state index in [-0.39, 0.29) is 11.5 Å². The van der Waals surface area contributed by atoms with E-state index in [1.54, 1.807) is 6.20 Å². The molecule has 0 unspecified atom stereocenters. The number of hydrogen-bond donors (Lipinski definition) is 1. The molecule has 3 heterocycles. The summed E-state index contributed by atoms with van der Waals surface area (Å²) in [6.07, 6.45) is 0.704. The number of nitrogens with zero attached hydrogens (tertiary/aromatic N) is 4. The van der Waals surface area contributed by atoms with Crippen molar-refractivity contribution >= 4 is 11.6 Å². The Balaban J connectivity index is 1.83. The molecule has 10 heteroatoms. The molecular weight excluding hydrogens is 342 g/mol. The Bertz CT molecular complexity index is 891. The normalized spacial score (nSPS) is 11.4. The van der Waals surface area contributed by atoms with Crippen molar-refractivity contribution in [2.75, 3.05) is 5.32 Å². The van der Waals surface area contributed by atoms with Crippen LogP contribution in [0.5, 0.6) is 0 Å². The maximum absolute atomic E-state index is 13.9. The van der Waals surface area contributed by atoms with E-state index in [4.69, 9.17) is 0 Å². The minimum Gasteiger partial charge on any atom is -0.319 e. The Kier molecular flexibility index (Phi) is 4.17. The molecule has 25 heavy (non-hydrogen) atoms. The molecule has 0 atom stereocenters. The highest BCUT2D eigenvalue weighted by molar-refractivity contribution is 6.03. The molecule has 0 aliphatic heterocycles. The molecule has 0 aromatic carbocycles. The summed E-state index contributed by atoms with van der Waals surface area (Å²) in [4.78, 5) is 23.1. The van der Waals surface area contributed by atoms with Gasteiger partial charge in [0.05, 0.1) is 11.9 Å². The van der Waals surface area contributed by atoms with E-state index in [9.17, 15) is 22.4 Å². The van der Waals surface area contributed by atoms with Crippen LogP contribution < -0.4 is 5.32 Å².